The van der Waals surface area contributed by atoms with E-state index in [-0.39, 0.29) is 21.7 Å². The van der Waals surface area contributed by atoms with Crippen molar-refractivity contribution in [2.24, 2.45) is 0 Å². The van der Waals surface area contributed by atoms with Gasteiger partial charge in [-0.05, 0) is 93.1 Å². The molecule has 0 atom stereocenters. The molecule has 0 heterocycles. The Morgan fingerprint density at radius 3 is 1.33 bits per heavy atom. The van der Waals surface area contributed by atoms with Gasteiger partial charge in [0.05, 0.1) is 14.5 Å². The molecule has 0 radical (unpaired) electrons. The van der Waals surface area contributed by atoms with Crippen molar-refractivity contribution in [1.29, 1.82) is 0 Å². The first-order valence-corrected chi connectivity index (χ1v) is 13.3. The van der Waals surface area contributed by atoms with Crippen LogP contribution in [0, 0.1) is 0 Å². The topological polar surface area (TPSA) is 26.3 Å². The first-order chi connectivity index (χ1) is 15.4. The lowest BCUT2D eigenvalue weighted by Crippen LogP contribution is -2.13. The predicted octanol–water partition coefficient (Wildman–Crippen LogP) is 8.23. The van der Waals surface area contributed by atoms with Crippen LogP contribution in [0.25, 0.3) is 0 Å². The van der Waals surface area contributed by atoms with Gasteiger partial charge < -0.3 is 4.74 Å². The molecule has 0 N–H and O–H groups in total. The van der Waals surface area contributed by atoms with Crippen LogP contribution in [0.1, 0.15) is 52.7 Å². The van der Waals surface area contributed by atoms with Crippen molar-refractivity contribution in [3.05, 3.63) is 94.1 Å². The Hall–Kier alpha value is -2.05. The fourth-order valence-corrected chi connectivity index (χ4v) is 5.55. The van der Waals surface area contributed by atoms with Gasteiger partial charge >= 0.3 is 5.97 Å². The van der Waals surface area contributed by atoms with Gasteiger partial charge in [0.1, 0.15) is 5.75 Å². The van der Waals surface area contributed by atoms with Crippen LogP contribution in [-0.4, -0.2) is 5.97 Å². The Morgan fingerprint density at radius 1 is 0.697 bits per heavy atom. The first-order valence-electron chi connectivity index (χ1n) is 11.0. The van der Waals surface area contributed by atoms with Crippen molar-refractivity contribution in [3.63, 3.8) is 0 Å². The molecule has 0 aliphatic carbocycles. The summed E-state index contributed by atoms with van der Waals surface area (Å²) in [7, 11) is -0.274. The van der Waals surface area contributed by atoms with Gasteiger partial charge in [-0.3, -0.25) is 0 Å². The number of rotatable bonds is 5. The van der Waals surface area contributed by atoms with E-state index in [4.69, 9.17) is 4.74 Å². The van der Waals surface area contributed by atoms with Gasteiger partial charge in [0, 0.05) is 0 Å². The van der Waals surface area contributed by atoms with Crippen LogP contribution in [0.4, 0.5) is 0 Å². The third-order valence-electron chi connectivity index (χ3n) is 5.40. The minimum absolute atomic E-state index is 0.111. The molecule has 0 saturated carbocycles. The number of hydrogen-bond acceptors (Lipinski definition) is 2. The van der Waals surface area contributed by atoms with E-state index in [0.29, 0.717) is 9.33 Å². The average Bonchev–Trinajstić information content (AvgIpc) is 2.74. The molecule has 0 aliphatic heterocycles. The molecule has 172 valence electrons. The maximum Gasteiger partial charge on any atom is 0.349 e. The molecule has 0 amide bonds. The number of benzene rings is 3. The highest BCUT2D eigenvalue weighted by Gasteiger charge is 2.30. The lowest BCUT2D eigenvalue weighted by Gasteiger charge is -2.20. The molecule has 3 aromatic carbocycles. The van der Waals surface area contributed by atoms with E-state index >= 15 is 0 Å². The zero-order valence-electron chi connectivity index (χ0n) is 20.2. The van der Waals surface area contributed by atoms with Gasteiger partial charge in [0.15, 0.2) is 14.7 Å². The number of hydrogen-bond donors (Lipinski definition) is 0. The van der Waals surface area contributed by atoms with Gasteiger partial charge in [0.2, 0.25) is 0 Å². The fourth-order valence-electron chi connectivity index (χ4n) is 3.40. The van der Waals surface area contributed by atoms with Gasteiger partial charge in [-0.25, -0.2) is 4.79 Å². The summed E-state index contributed by atoms with van der Waals surface area (Å²) in [6.07, 6.45) is 0. The van der Waals surface area contributed by atoms with Crippen molar-refractivity contribution < 1.29 is 9.53 Å². The number of ether oxygens (including phenoxy) is 1. The highest BCUT2D eigenvalue weighted by molar-refractivity contribution is 14.1. The van der Waals surface area contributed by atoms with Gasteiger partial charge in [-0.2, -0.15) is 0 Å². The Kier molecular flexibility index (Phi) is 7.80. The molecule has 0 saturated heterocycles. The zero-order valence-corrected chi connectivity index (χ0v) is 23.2. The summed E-state index contributed by atoms with van der Waals surface area (Å²) in [6.45, 7) is 17.0. The Labute approximate surface area is 214 Å². The Bertz CT molecular complexity index is 1060. The fraction of sp³-hybridized carbons (Fsp3) is 0.276. The molecule has 3 rings (SSSR count). The molecule has 0 bridgehead atoms. The van der Waals surface area contributed by atoms with Crippen molar-refractivity contribution in [1.82, 2.24) is 0 Å². The number of esters is 1. The molecule has 0 fully saturated rings. The smallest absolute Gasteiger partial charge is 0.349 e. The van der Waals surface area contributed by atoms with E-state index in [1.165, 1.54) is 25.8 Å². The lowest BCUT2D eigenvalue weighted by atomic mass is 9.87. The SMILES string of the molecule is C=C(I)C(=O)Oc1ccc([S+](c2ccc(C(C)(C)C)cc2)c2ccc(C(C)(C)C)cc2)cc1. The van der Waals surface area contributed by atoms with Crippen molar-refractivity contribution in [3.8, 4) is 5.75 Å². The summed E-state index contributed by atoms with van der Waals surface area (Å²) in [4.78, 5) is 15.6. The maximum atomic E-state index is 11.9. The van der Waals surface area contributed by atoms with Gasteiger partial charge in [-0.1, -0.05) is 72.4 Å². The van der Waals surface area contributed by atoms with Gasteiger partial charge in [0.25, 0.3) is 0 Å². The third-order valence-corrected chi connectivity index (χ3v) is 8.07. The maximum absolute atomic E-state index is 11.9. The summed E-state index contributed by atoms with van der Waals surface area (Å²) in [5.41, 5.74) is 2.86. The van der Waals surface area contributed by atoms with Crippen LogP contribution in [0.15, 0.2) is 97.6 Å². The molecule has 33 heavy (non-hydrogen) atoms. The predicted molar refractivity (Wildman–Crippen MR) is 148 cm³/mol. The summed E-state index contributed by atoms with van der Waals surface area (Å²) in [5, 5.41) is 0. The van der Waals surface area contributed by atoms with Crippen LogP contribution < -0.4 is 4.74 Å². The molecule has 0 aliphatic rings. The number of halogens is 1. The molecule has 0 unspecified atom stereocenters. The summed E-state index contributed by atoms with van der Waals surface area (Å²) >= 11 is 1.88. The van der Waals surface area contributed by atoms with E-state index in [1.54, 1.807) is 0 Å². The van der Waals surface area contributed by atoms with Crippen LogP contribution in [-0.2, 0) is 26.5 Å². The van der Waals surface area contributed by atoms with Crippen LogP contribution in [0.3, 0.4) is 0 Å². The summed E-state index contributed by atoms with van der Waals surface area (Å²) in [5.74, 6) is 0.106. The molecule has 2 nitrogen and oxygen atoms in total. The van der Waals surface area contributed by atoms with Crippen LogP contribution in [0.5, 0.6) is 5.75 Å². The second kappa shape index (κ2) is 10.1. The molecule has 0 aromatic heterocycles. The molecule has 3 aromatic rings. The highest BCUT2D eigenvalue weighted by atomic mass is 127. The first kappa shape index (κ1) is 25.6. The van der Waals surface area contributed by atoms with E-state index in [1.807, 2.05) is 34.7 Å². The van der Waals surface area contributed by atoms with E-state index < -0.39 is 5.97 Å². The van der Waals surface area contributed by atoms with Crippen LogP contribution in [0.2, 0.25) is 0 Å². The molecule has 4 heteroatoms. The molecule has 0 spiro atoms. The average molecular weight is 572 g/mol. The van der Waals surface area contributed by atoms with Crippen molar-refractivity contribution >= 4 is 39.5 Å². The number of carbonyl (C=O) groups is 1. The quantitative estimate of drug-likeness (QED) is 0.101. The minimum atomic E-state index is -0.419. The van der Waals surface area contributed by atoms with E-state index in [2.05, 4.69) is 109 Å². The van der Waals surface area contributed by atoms with Crippen molar-refractivity contribution in [2.75, 3.05) is 0 Å². The largest absolute Gasteiger partial charge is 0.423 e. The summed E-state index contributed by atoms with van der Waals surface area (Å²) in [6, 6.07) is 25.8. The molecular weight excluding hydrogens is 539 g/mol. The van der Waals surface area contributed by atoms with Crippen LogP contribution >= 0.6 is 22.6 Å². The van der Waals surface area contributed by atoms with Crippen molar-refractivity contribution in [2.45, 2.75) is 67.1 Å². The number of carbonyl (C=O) groups excluding carboxylic acids is 1. The second-order valence-electron chi connectivity index (χ2n) is 10.1. The van der Waals surface area contributed by atoms with Gasteiger partial charge in [-0.15, -0.1) is 0 Å². The third kappa shape index (κ3) is 6.51. The Morgan fingerprint density at radius 2 is 1.03 bits per heavy atom. The van der Waals surface area contributed by atoms with E-state index in [9.17, 15) is 4.79 Å². The Balaban J connectivity index is 2.02. The minimum Gasteiger partial charge on any atom is -0.423 e. The normalized spacial score (nSPS) is 12.0. The molecular formula is C29H32IO2S+. The highest BCUT2D eigenvalue weighted by Crippen LogP contribution is 2.35. The van der Waals surface area contributed by atoms with E-state index in [0.717, 1.165) is 0 Å². The summed E-state index contributed by atoms with van der Waals surface area (Å²) < 4.78 is 5.74. The lowest BCUT2D eigenvalue weighted by molar-refractivity contribution is -0.129. The zero-order chi connectivity index (χ0) is 24.4. The second-order valence-corrected chi connectivity index (χ2v) is 13.4. The standard InChI is InChI=1S/C29H32IO2S/c1-20(30)27(31)32-23-12-18-26(19-13-23)33(24-14-8-21(9-15-24)28(2,3)4)25-16-10-22(11-17-25)29(5,6)7/h8-19H,1H2,2-7H3/q+1. The monoisotopic (exact) mass is 571 g/mol.